The summed E-state index contributed by atoms with van der Waals surface area (Å²) in [5.74, 6) is 0. The van der Waals surface area contributed by atoms with Crippen molar-refractivity contribution in [3.05, 3.63) is 146 Å². The molecule has 5 aromatic carbocycles. The van der Waals surface area contributed by atoms with Crippen molar-refractivity contribution in [3.8, 4) is 5.69 Å². The molecule has 1 aliphatic carbocycles. The van der Waals surface area contributed by atoms with Crippen LogP contribution in [0.3, 0.4) is 0 Å². The average molecular weight is 540 g/mol. The SMILES string of the molecule is CC1(n2c3ccccc3c3c2c2ccccc2n3-c2ccccc2)C=CC=C(n2c3ccccc3c3ccccc32)C1. The van der Waals surface area contributed by atoms with Gasteiger partial charge in [0.25, 0.3) is 0 Å². The van der Waals surface area contributed by atoms with Crippen molar-refractivity contribution in [1.29, 1.82) is 0 Å². The lowest BCUT2D eigenvalue weighted by Gasteiger charge is -2.34. The lowest BCUT2D eigenvalue weighted by atomic mass is 9.90. The van der Waals surface area contributed by atoms with Gasteiger partial charge in [-0.05, 0) is 49.4 Å². The van der Waals surface area contributed by atoms with Crippen LogP contribution in [-0.2, 0) is 5.54 Å². The summed E-state index contributed by atoms with van der Waals surface area (Å²) in [6.07, 6.45) is 7.83. The van der Waals surface area contributed by atoms with E-state index in [2.05, 4.69) is 166 Å². The smallest absolute Gasteiger partial charge is 0.0800 e. The number of rotatable bonds is 3. The molecule has 0 radical (unpaired) electrons. The van der Waals surface area contributed by atoms with Crippen molar-refractivity contribution in [2.45, 2.75) is 18.9 Å². The number of fused-ring (bicyclic) bond motifs is 8. The molecule has 3 heteroatoms. The molecule has 1 atom stereocenters. The maximum absolute atomic E-state index is 2.61. The fourth-order valence-corrected chi connectivity index (χ4v) is 7.45. The summed E-state index contributed by atoms with van der Waals surface area (Å²) in [5, 5.41) is 5.14. The first-order chi connectivity index (χ1) is 20.7. The van der Waals surface area contributed by atoms with E-state index in [1.165, 1.54) is 66.0 Å². The fraction of sp³-hybridized carbons (Fsp3) is 0.0769. The molecule has 0 saturated heterocycles. The van der Waals surface area contributed by atoms with E-state index in [1.807, 2.05) is 0 Å². The number of nitrogens with zero attached hydrogens (tertiary/aromatic N) is 3. The zero-order chi connectivity index (χ0) is 27.8. The number of hydrogen-bond donors (Lipinski definition) is 0. The Morgan fingerprint density at radius 1 is 0.500 bits per heavy atom. The van der Waals surface area contributed by atoms with Gasteiger partial charge in [0, 0.05) is 39.4 Å². The second kappa shape index (κ2) is 8.61. The van der Waals surface area contributed by atoms with Crippen LogP contribution in [0, 0.1) is 0 Å². The van der Waals surface area contributed by atoms with E-state index in [1.54, 1.807) is 0 Å². The lowest BCUT2D eigenvalue weighted by Crippen LogP contribution is -2.30. The van der Waals surface area contributed by atoms with Crippen LogP contribution in [-0.4, -0.2) is 13.7 Å². The van der Waals surface area contributed by atoms with E-state index in [-0.39, 0.29) is 5.54 Å². The van der Waals surface area contributed by atoms with E-state index >= 15 is 0 Å². The molecule has 1 aliphatic rings. The summed E-state index contributed by atoms with van der Waals surface area (Å²) >= 11 is 0. The van der Waals surface area contributed by atoms with E-state index in [0.29, 0.717) is 0 Å². The van der Waals surface area contributed by atoms with Gasteiger partial charge in [-0.15, -0.1) is 0 Å². The normalized spacial score (nSPS) is 17.2. The minimum Gasteiger partial charge on any atom is -0.329 e. The predicted molar refractivity (Wildman–Crippen MR) is 177 cm³/mol. The minimum atomic E-state index is -0.288. The molecule has 1 unspecified atom stereocenters. The Morgan fingerprint density at radius 2 is 1.00 bits per heavy atom. The second-order valence-corrected chi connectivity index (χ2v) is 11.7. The van der Waals surface area contributed by atoms with Crippen LogP contribution in [0.4, 0.5) is 0 Å². The molecule has 200 valence electrons. The summed E-state index contributed by atoms with van der Waals surface area (Å²) in [6, 6.07) is 46.1. The summed E-state index contributed by atoms with van der Waals surface area (Å²) in [7, 11) is 0. The van der Waals surface area contributed by atoms with Gasteiger partial charge in [-0.1, -0.05) is 103 Å². The third kappa shape index (κ3) is 3.11. The zero-order valence-corrected chi connectivity index (χ0v) is 23.4. The molecule has 0 amide bonds. The van der Waals surface area contributed by atoms with E-state index in [9.17, 15) is 0 Å². The monoisotopic (exact) mass is 539 g/mol. The van der Waals surface area contributed by atoms with E-state index in [0.717, 1.165) is 6.42 Å². The Kier molecular flexibility index (Phi) is 4.80. The van der Waals surface area contributed by atoms with Gasteiger partial charge in [-0.3, -0.25) is 0 Å². The predicted octanol–water partition coefficient (Wildman–Crippen LogP) is 10.1. The van der Waals surface area contributed by atoms with Crippen molar-refractivity contribution in [3.63, 3.8) is 0 Å². The standard InChI is InChI=1S/C39H29N3/c1-39(25-13-16-28(26-39)40-33-21-9-5-17-29(33)30-18-6-10-22-34(30)40)42-36-24-12-8-20-32(36)37-38(42)31-19-7-11-23-35(31)41(37)27-14-3-2-4-15-27/h2-25H,26H2,1H3. The third-order valence-electron chi connectivity index (χ3n) is 9.15. The molecule has 0 aliphatic heterocycles. The van der Waals surface area contributed by atoms with Crippen LogP contribution in [0.2, 0.25) is 0 Å². The number of para-hydroxylation sites is 5. The van der Waals surface area contributed by atoms with Gasteiger partial charge in [0.2, 0.25) is 0 Å². The number of hydrogen-bond acceptors (Lipinski definition) is 0. The molecule has 42 heavy (non-hydrogen) atoms. The Labute approximate surface area is 243 Å². The van der Waals surface area contributed by atoms with Crippen LogP contribution in [0.5, 0.6) is 0 Å². The number of aromatic nitrogens is 3. The van der Waals surface area contributed by atoms with Crippen molar-refractivity contribution < 1.29 is 0 Å². The Bertz CT molecular complexity index is 2330. The van der Waals surface area contributed by atoms with Gasteiger partial charge < -0.3 is 13.7 Å². The van der Waals surface area contributed by atoms with Crippen LogP contribution in [0.15, 0.2) is 146 Å². The highest BCUT2D eigenvalue weighted by Gasteiger charge is 2.33. The number of benzene rings is 5. The summed E-state index contributed by atoms with van der Waals surface area (Å²) in [5.41, 5.74) is 9.74. The average Bonchev–Trinajstić information content (AvgIpc) is 3.67. The largest absolute Gasteiger partial charge is 0.329 e. The second-order valence-electron chi connectivity index (χ2n) is 11.7. The van der Waals surface area contributed by atoms with Crippen molar-refractivity contribution in [1.82, 2.24) is 13.7 Å². The van der Waals surface area contributed by atoms with Crippen LogP contribution < -0.4 is 0 Å². The third-order valence-corrected chi connectivity index (χ3v) is 9.15. The highest BCUT2D eigenvalue weighted by molar-refractivity contribution is 6.19. The van der Waals surface area contributed by atoms with Crippen molar-refractivity contribution in [2.24, 2.45) is 0 Å². The van der Waals surface area contributed by atoms with Crippen molar-refractivity contribution in [2.75, 3.05) is 0 Å². The molecule has 3 nitrogen and oxygen atoms in total. The molecular formula is C39H29N3. The van der Waals surface area contributed by atoms with Gasteiger partial charge in [-0.25, -0.2) is 0 Å². The van der Waals surface area contributed by atoms with Gasteiger partial charge in [-0.2, -0.15) is 0 Å². The molecule has 0 saturated carbocycles. The first-order valence-corrected chi connectivity index (χ1v) is 14.7. The molecule has 9 rings (SSSR count). The highest BCUT2D eigenvalue weighted by atomic mass is 15.1. The summed E-state index contributed by atoms with van der Waals surface area (Å²) < 4.78 is 7.53. The molecule has 3 heterocycles. The molecule has 0 N–H and O–H groups in total. The van der Waals surface area contributed by atoms with Crippen molar-refractivity contribution >= 4 is 60.3 Å². The first-order valence-electron chi connectivity index (χ1n) is 14.7. The first kappa shape index (κ1) is 23.4. The molecule has 0 fully saturated rings. The van der Waals surface area contributed by atoms with Gasteiger partial charge in [0.05, 0.1) is 38.6 Å². The Morgan fingerprint density at radius 3 is 1.64 bits per heavy atom. The maximum atomic E-state index is 2.61. The molecule has 0 bridgehead atoms. The Balaban J connectivity index is 1.33. The quantitative estimate of drug-likeness (QED) is 0.212. The van der Waals surface area contributed by atoms with Gasteiger partial charge in [0.1, 0.15) is 0 Å². The highest BCUT2D eigenvalue weighted by Crippen LogP contribution is 2.46. The maximum Gasteiger partial charge on any atom is 0.0800 e. The molecule has 3 aromatic heterocycles. The van der Waals surface area contributed by atoms with Crippen LogP contribution in [0.1, 0.15) is 13.3 Å². The lowest BCUT2D eigenvalue weighted by molar-refractivity contribution is 0.439. The molecule has 8 aromatic rings. The van der Waals surface area contributed by atoms with Gasteiger partial charge in [0.15, 0.2) is 0 Å². The molecular weight excluding hydrogens is 510 g/mol. The number of allylic oxidation sites excluding steroid dienone is 4. The Hall–Kier alpha value is -5.28. The topological polar surface area (TPSA) is 14.8 Å². The zero-order valence-electron chi connectivity index (χ0n) is 23.4. The minimum absolute atomic E-state index is 0.288. The van der Waals surface area contributed by atoms with Gasteiger partial charge >= 0.3 is 0 Å². The fourth-order valence-electron chi connectivity index (χ4n) is 7.45. The molecule has 0 spiro atoms. The summed E-state index contributed by atoms with van der Waals surface area (Å²) in [6.45, 7) is 2.39. The van der Waals surface area contributed by atoms with Crippen LogP contribution in [0.25, 0.3) is 66.0 Å². The van der Waals surface area contributed by atoms with Crippen LogP contribution >= 0.6 is 0 Å². The van der Waals surface area contributed by atoms with E-state index in [4.69, 9.17) is 0 Å². The van der Waals surface area contributed by atoms with E-state index < -0.39 is 0 Å². The summed E-state index contributed by atoms with van der Waals surface area (Å²) in [4.78, 5) is 0.